The molecule has 0 radical (unpaired) electrons. The van der Waals surface area contributed by atoms with Crippen LogP contribution < -0.4 is 0 Å². The number of carbonyl (C=O) groups excluding carboxylic acids is 1. The van der Waals surface area contributed by atoms with Crippen LogP contribution in [0.2, 0.25) is 0 Å². The van der Waals surface area contributed by atoms with Crippen LogP contribution >= 0.6 is 0 Å². The number of aromatic nitrogens is 5. The van der Waals surface area contributed by atoms with Gasteiger partial charge in [-0.1, -0.05) is 23.4 Å². The normalized spacial score (nSPS) is 11.0. The number of carbonyl (C=O) groups is 1. The van der Waals surface area contributed by atoms with Crippen molar-refractivity contribution in [2.75, 3.05) is 14.1 Å². The third-order valence-electron chi connectivity index (χ3n) is 3.99. The Kier molecular flexibility index (Phi) is 3.53. The number of benzene rings is 2. The Morgan fingerprint density at radius 2 is 1.84 bits per heavy atom. The number of aromatic amines is 1. The van der Waals surface area contributed by atoms with Crippen LogP contribution in [-0.2, 0) is 0 Å². The minimum atomic E-state index is -0.0335. The average molecular weight is 332 g/mol. The van der Waals surface area contributed by atoms with Gasteiger partial charge in [-0.2, -0.15) is 5.10 Å². The van der Waals surface area contributed by atoms with Gasteiger partial charge in [0.1, 0.15) is 11.4 Å². The molecule has 0 unspecified atom stereocenters. The Morgan fingerprint density at radius 1 is 1.08 bits per heavy atom. The Labute approximate surface area is 143 Å². The molecule has 0 atom stereocenters. The highest BCUT2D eigenvalue weighted by molar-refractivity contribution is 5.94. The van der Waals surface area contributed by atoms with E-state index in [0.29, 0.717) is 11.3 Å². The van der Waals surface area contributed by atoms with Crippen LogP contribution in [0.3, 0.4) is 0 Å². The predicted octanol–water partition coefficient (Wildman–Crippen LogP) is 2.51. The van der Waals surface area contributed by atoms with Gasteiger partial charge in [0, 0.05) is 25.0 Å². The van der Waals surface area contributed by atoms with Gasteiger partial charge in [0.2, 0.25) is 0 Å². The minimum Gasteiger partial charge on any atom is -0.345 e. The summed E-state index contributed by atoms with van der Waals surface area (Å²) < 4.78 is 1.67. The first-order valence-corrected chi connectivity index (χ1v) is 7.81. The van der Waals surface area contributed by atoms with Crippen LogP contribution in [0.15, 0.2) is 54.7 Å². The molecular weight excluding hydrogens is 316 g/mol. The van der Waals surface area contributed by atoms with E-state index in [0.717, 1.165) is 22.3 Å². The molecule has 0 saturated carbocycles. The number of nitrogens with zero attached hydrogens (tertiary/aromatic N) is 5. The summed E-state index contributed by atoms with van der Waals surface area (Å²) in [6.45, 7) is 0. The topological polar surface area (TPSA) is 79.7 Å². The Morgan fingerprint density at radius 3 is 2.60 bits per heavy atom. The van der Waals surface area contributed by atoms with Crippen molar-refractivity contribution in [1.29, 1.82) is 0 Å². The lowest BCUT2D eigenvalue weighted by atomic mass is 10.2. The first kappa shape index (κ1) is 15.1. The lowest BCUT2D eigenvalue weighted by Gasteiger charge is -2.10. The summed E-state index contributed by atoms with van der Waals surface area (Å²) in [6.07, 6.45) is 1.82. The number of hydrogen-bond donors (Lipinski definition) is 1. The van der Waals surface area contributed by atoms with Crippen molar-refractivity contribution < 1.29 is 4.79 Å². The van der Waals surface area contributed by atoms with Crippen LogP contribution in [0, 0.1) is 0 Å². The van der Waals surface area contributed by atoms with Gasteiger partial charge in [-0.05, 0) is 30.3 Å². The van der Waals surface area contributed by atoms with E-state index in [2.05, 4.69) is 20.5 Å². The largest absolute Gasteiger partial charge is 0.345 e. The molecule has 0 aliphatic carbocycles. The smallest absolute Gasteiger partial charge is 0.253 e. The van der Waals surface area contributed by atoms with E-state index < -0.39 is 0 Å². The van der Waals surface area contributed by atoms with Crippen molar-refractivity contribution in [2.45, 2.75) is 0 Å². The van der Waals surface area contributed by atoms with Gasteiger partial charge in [-0.3, -0.25) is 9.89 Å². The monoisotopic (exact) mass is 332 g/mol. The molecular formula is C18H16N6O. The molecule has 2 aromatic carbocycles. The highest BCUT2D eigenvalue weighted by Crippen LogP contribution is 2.24. The molecule has 0 fully saturated rings. The van der Waals surface area contributed by atoms with E-state index >= 15 is 0 Å². The third kappa shape index (κ3) is 2.65. The Balaban J connectivity index is 1.66. The molecule has 4 rings (SSSR count). The fourth-order valence-corrected chi connectivity index (χ4v) is 2.67. The average Bonchev–Trinajstić information content (AvgIpc) is 3.28. The quantitative estimate of drug-likeness (QED) is 0.625. The highest BCUT2D eigenvalue weighted by Gasteiger charge is 2.13. The highest BCUT2D eigenvalue weighted by atomic mass is 16.2. The van der Waals surface area contributed by atoms with Crippen molar-refractivity contribution in [1.82, 2.24) is 30.1 Å². The maximum atomic E-state index is 12.0. The fraction of sp³-hybridized carbons (Fsp3) is 0.111. The Hall–Kier alpha value is -3.48. The van der Waals surface area contributed by atoms with Crippen molar-refractivity contribution in [2.24, 2.45) is 0 Å². The van der Waals surface area contributed by atoms with Crippen LogP contribution in [0.1, 0.15) is 10.4 Å². The fourth-order valence-electron chi connectivity index (χ4n) is 2.67. The Bertz CT molecular complexity index is 1040. The summed E-state index contributed by atoms with van der Waals surface area (Å²) in [7, 11) is 3.46. The summed E-state index contributed by atoms with van der Waals surface area (Å²) in [5.74, 6) is -0.0335. The van der Waals surface area contributed by atoms with Gasteiger partial charge in [-0.25, -0.2) is 4.68 Å². The van der Waals surface area contributed by atoms with Crippen molar-refractivity contribution in [3.8, 4) is 17.1 Å². The summed E-state index contributed by atoms with van der Waals surface area (Å²) >= 11 is 0. The van der Waals surface area contributed by atoms with E-state index in [4.69, 9.17) is 0 Å². The predicted molar refractivity (Wildman–Crippen MR) is 94.5 cm³/mol. The number of nitrogens with one attached hydrogen (secondary N) is 1. The zero-order valence-electron chi connectivity index (χ0n) is 13.8. The minimum absolute atomic E-state index is 0.0335. The van der Waals surface area contributed by atoms with E-state index in [9.17, 15) is 4.79 Å². The number of amides is 1. The molecule has 25 heavy (non-hydrogen) atoms. The number of H-pyrrole nitrogens is 1. The molecule has 2 heterocycles. The molecule has 124 valence electrons. The van der Waals surface area contributed by atoms with Gasteiger partial charge in [0.25, 0.3) is 5.91 Å². The van der Waals surface area contributed by atoms with Gasteiger partial charge in [-0.15, -0.1) is 5.10 Å². The second-order valence-corrected chi connectivity index (χ2v) is 5.91. The molecule has 4 aromatic rings. The molecule has 0 aliphatic rings. The van der Waals surface area contributed by atoms with Crippen LogP contribution in [0.5, 0.6) is 0 Å². The molecule has 1 amide bonds. The maximum Gasteiger partial charge on any atom is 0.253 e. The van der Waals surface area contributed by atoms with Crippen LogP contribution in [-0.4, -0.2) is 50.1 Å². The van der Waals surface area contributed by atoms with Crippen molar-refractivity contribution in [3.05, 3.63) is 60.3 Å². The summed E-state index contributed by atoms with van der Waals surface area (Å²) in [4.78, 5) is 13.5. The number of hydrogen-bond acceptors (Lipinski definition) is 4. The van der Waals surface area contributed by atoms with Gasteiger partial charge in [0.05, 0.1) is 17.4 Å². The SMILES string of the molecule is CN(C)C(=O)c1ccc(-n2cc(-c3n[nH]c4ccccc34)nn2)cc1. The number of para-hydroxylation sites is 1. The molecule has 7 heteroatoms. The second kappa shape index (κ2) is 5.86. The van der Waals surface area contributed by atoms with Crippen LogP contribution in [0.4, 0.5) is 0 Å². The third-order valence-corrected chi connectivity index (χ3v) is 3.99. The van der Waals surface area contributed by atoms with Gasteiger partial charge >= 0.3 is 0 Å². The maximum absolute atomic E-state index is 12.0. The molecule has 0 spiro atoms. The lowest BCUT2D eigenvalue weighted by Crippen LogP contribution is -2.21. The number of rotatable bonds is 3. The molecule has 7 nitrogen and oxygen atoms in total. The second-order valence-electron chi connectivity index (χ2n) is 5.91. The van der Waals surface area contributed by atoms with E-state index in [1.54, 1.807) is 35.8 Å². The molecule has 0 saturated heterocycles. The van der Waals surface area contributed by atoms with E-state index in [1.165, 1.54) is 0 Å². The number of fused-ring (bicyclic) bond motifs is 1. The molecule has 2 aromatic heterocycles. The van der Waals surface area contributed by atoms with Gasteiger partial charge in [0.15, 0.2) is 0 Å². The first-order chi connectivity index (χ1) is 12.1. The van der Waals surface area contributed by atoms with Gasteiger partial charge < -0.3 is 4.90 Å². The molecule has 0 aliphatic heterocycles. The molecule has 1 N–H and O–H groups in total. The lowest BCUT2D eigenvalue weighted by molar-refractivity contribution is 0.0827. The zero-order valence-corrected chi connectivity index (χ0v) is 13.8. The summed E-state index contributed by atoms with van der Waals surface area (Å²) in [6, 6.07) is 15.1. The van der Waals surface area contributed by atoms with E-state index in [1.807, 2.05) is 42.6 Å². The summed E-state index contributed by atoms with van der Waals surface area (Å²) in [5.41, 5.74) is 3.87. The molecule has 0 bridgehead atoms. The summed E-state index contributed by atoms with van der Waals surface area (Å²) in [5, 5.41) is 16.7. The zero-order chi connectivity index (χ0) is 17.4. The standard InChI is InChI=1S/C18H16N6O/c1-23(2)18(25)12-7-9-13(10-8-12)24-11-16(20-22-24)17-14-5-3-4-6-15(14)19-21-17/h3-11H,1-2H3,(H,19,21). The van der Waals surface area contributed by atoms with E-state index in [-0.39, 0.29) is 5.91 Å². The van der Waals surface area contributed by atoms with Crippen molar-refractivity contribution >= 4 is 16.8 Å². The van der Waals surface area contributed by atoms with Crippen LogP contribution in [0.25, 0.3) is 28.0 Å². The first-order valence-electron chi connectivity index (χ1n) is 7.81. The van der Waals surface area contributed by atoms with Crippen molar-refractivity contribution in [3.63, 3.8) is 0 Å².